The minimum atomic E-state index is -1.00. The lowest BCUT2D eigenvalue weighted by Crippen LogP contribution is -2.47. The number of hydrogen-bond acceptors (Lipinski definition) is 4. The highest BCUT2D eigenvalue weighted by Gasteiger charge is 2.34. The second-order valence-corrected chi connectivity index (χ2v) is 9.57. The first-order valence-electron chi connectivity index (χ1n) is 11.1. The van der Waals surface area contributed by atoms with Crippen LogP contribution in [0.5, 0.6) is 0 Å². The van der Waals surface area contributed by atoms with Gasteiger partial charge in [-0.1, -0.05) is 54.0 Å². The van der Waals surface area contributed by atoms with Crippen LogP contribution < -0.4 is 5.32 Å². The van der Waals surface area contributed by atoms with Gasteiger partial charge in [0, 0.05) is 35.5 Å². The van der Waals surface area contributed by atoms with Crippen LogP contribution in [0.4, 0.5) is 8.78 Å². The number of halogens is 3. The highest BCUT2D eigenvalue weighted by atomic mass is 79.9. The van der Waals surface area contributed by atoms with Crippen molar-refractivity contribution in [3.8, 4) is 0 Å². The summed E-state index contributed by atoms with van der Waals surface area (Å²) in [6.45, 7) is 3.55. The second-order valence-electron chi connectivity index (χ2n) is 8.65. The summed E-state index contributed by atoms with van der Waals surface area (Å²) < 4.78 is 33.9. The molecule has 1 saturated heterocycles. The Kier molecular flexibility index (Phi) is 8.77. The maximum Gasteiger partial charge on any atom is 0.329 e. The maximum atomic E-state index is 14.1. The molecule has 0 bridgehead atoms. The van der Waals surface area contributed by atoms with Crippen LogP contribution in [-0.2, 0) is 32.3 Å². The molecule has 2 atom stereocenters. The van der Waals surface area contributed by atoms with Crippen LogP contribution in [0.15, 0.2) is 46.9 Å². The number of rotatable bonds is 9. The Balaban J connectivity index is 1.59. The van der Waals surface area contributed by atoms with Crippen molar-refractivity contribution in [2.75, 3.05) is 0 Å². The molecule has 6 nitrogen and oxygen atoms in total. The molecule has 0 spiro atoms. The second kappa shape index (κ2) is 11.6. The molecule has 0 saturated carbocycles. The highest BCUT2D eigenvalue weighted by molar-refractivity contribution is 9.10. The number of benzene rings is 2. The van der Waals surface area contributed by atoms with Gasteiger partial charge in [-0.2, -0.15) is 0 Å². The molecule has 2 amide bonds. The Morgan fingerprint density at radius 3 is 2.56 bits per heavy atom. The predicted molar refractivity (Wildman–Crippen MR) is 125 cm³/mol. The van der Waals surface area contributed by atoms with E-state index in [1.807, 2.05) is 24.3 Å². The topological polar surface area (TPSA) is 75.7 Å². The Labute approximate surface area is 205 Å². The summed E-state index contributed by atoms with van der Waals surface area (Å²) in [7, 11) is 0. The fourth-order valence-corrected chi connectivity index (χ4v) is 4.11. The van der Waals surface area contributed by atoms with Crippen molar-refractivity contribution in [1.29, 1.82) is 0 Å². The molecule has 1 aliphatic heterocycles. The standard InChI is InChI=1S/C25H27BrF2N2O4/c1-15(2)24(25(33)34-14-16-6-8-18(26)9-7-16)29-21(31)12-19-10-11-22(32)30(19)13-17-4-3-5-20(27)23(17)28/h3-9,15,19,24H,10-14H2,1-2H3,(H,29,31)/t19-,24-/m0/s1. The summed E-state index contributed by atoms with van der Waals surface area (Å²) in [5.74, 6) is -3.39. The van der Waals surface area contributed by atoms with Crippen LogP contribution in [0.3, 0.4) is 0 Å². The molecule has 1 fully saturated rings. The Hall–Kier alpha value is -2.81. The molecule has 0 aliphatic carbocycles. The zero-order valence-electron chi connectivity index (χ0n) is 19.0. The zero-order chi connectivity index (χ0) is 24.8. The van der Waals surface area contributed by atoms with Gasteiger partial charge in [-0.15, -0.1) is 0 Å². The summed E-state index contributed by atoms with van der Waals surface area (Å²) in [4.78, 5) is 39.1. The molecule has 0 radical (unpaired) electrons. The average Bonchev–Trinajstić information content (AvgIpc) is 3.13. The van der Waals surface area contributed by atoms with Crippen molar-refractivity contribution in [3.05, 3.63) is 69.7 Å². The van der Waals surface area contributed by atoms with Gasteiger partial charge in [0.15, 0.2) is 11.6 Å². The van der Waals surface area contributed by atoms with Gasteiger partial charge in [-0.25, -0.2) is 13.6 Å². The van der Waals surface area contributed by atoms with Crippen LogP contribution in [0, 0.1) is 17.6 Å². The minimum absolute atomic E-state index is 0.0497. The number of likely N-dealkylation sites (tertiary alicyclic amines) is 1. The molecule has 1 aliphatic rings. The van der Waals surface area contributed by atoms with Crippen molar-refractivity contribution in [1.82, 2.24) is 10.2 Å². The average molecular weight is 537 g/mol. The molecule has 0 unspecified atom stereocenters. The van der Waals surface area contributed by atoms with E-state index in [4.69, 9.17) is 4.74 Å². The monoisotopic (exact) mass is 536 g/mol. The van der Waals surface area contributed by atoms with E-state index in [2.05, 4.69) is 21.2 Å². The van der Waals surface area contributed by atoms with Gasteiger partial charge in [-0.3, -0.25) is 9.59 Å². The molecule has 182 valence electrons. The highest BCUT2D eigenvalue weighted by Crippen LogP contribution is 2.25. The van der Waals surface area contributed by atoms with Crippen molar-refractivity contribution in [2.45, 2.75) is 58.3 Å². The smallest absolute Gasteiger partial charge is 0.329 e. The molecular formula is C25H27BrF2N2O4. The molecule has 1 heterocycles. The van der Waals surface area contributed by atoms with Gasteiger partial charge in [0.05, 0.1) is 0 Å². The third-order valence-electron chi connectivity index (χ3n) is 5.78. The number of nitrogens with one attached hydrogen (secondary N) is 1. The Morgan fingerprint density at radius 1 is 1.18 bits per heavy atom. The van der Waals surface area contributed by atoms with Crippen LogP contribution in [0.1, 0.15) is 44.2 Å². The Bertz CT molecular complexity index is 1050. The first kappa shape index (κ1) is 25.8. The van der Waals surface area contributed by atoms with Gasteiger partial charge in [0.2, 0.25) is 11.8 Å². The van der Waals surface area contributed by atoms with Crippen molar-refractivity contribution < 1.29 is 27.9 Å². The molecular weight excluding hydrogens is 510 g/mol. The van der Waals surface area contributed by atoms with Crippen LogP contribution in [0.2, 0.25) is 0 Å². The first-order chi connectivity index (χ1) is 16.2. The molecule has 1 N–H and O–H groups in total. The third kappa shape index (κ3) is 6.62. The molecule has 2 aromatic carbocycles. The summed E-state index contributed by atoms with van der Waals surface area (Å²) in [6, 6.07) is 9.82. The van der Waals surface area contributed by atoms with Crippen LogP contribution in [-0.4, -0.2) is 34.8 Å². The fraction of sp³-hybridized carbons (Fsp3) is 0.400. The number of carbonyl (C=O) groups is 3. The predicted octanol–water partition coefficient (Wildman–Crippen LogP) is 4.49. The maximum absolute atomic E-state index is 14.1. The van der Waals surface area contributed by atoms with Crippen molar-refractivity contribution in [2.24, 2.45) is 5.92 Å². The van der Waals surface area contributed by atoms with E-state index >= 15 is 0 Å². The number of ether oxygens (including phenoxy) is 1. The molecule has 9 heteroatoms. The lowest BCUT2D eigenvalue weighted by Gasteiger charge is -2.26. The van der Waals surface area contributed by atoms with E-state index < -0.39 is 35.6 Å². The summed E-state index contributed by atoms with van der Waals surface area (Å²) in [5, 5.41) is 2.72. The van der Waals surface area contributed by atoms with E-state index in [0.29, 0.717) is 6.42 Å². The Morgan fingerprint density at radius 2 is 1.88 bits per heavy atom. The summed E-state index contributed by atoms with van der Waals surface area (Å²) >= 11 is 3.35. The van der Waals surface area contributed by atoms with Gasteiger partial charge >= 0.3 is 5.97 Å². The first-order valence-corrected chi connectivity index (χ1v) is 11.9. The largest absolute Gasteiger partial charge is 0.459 e. The van der Waals surface area contributed by atoms with Gasteiger partial charge in [-0.05, 0) is 36.1 Å². The minimum Gasteiger partial charge on any atom is -0.459 e. The third-order valence-corrected chi connectivity index (χ3v) is 6.31. The molecule has 2 aromatic rings. The van der Waals surface area contributed by atoms with E-state index in [1.165, 1.54) is 17.0 Å². The number of nitrogens with zero attached hydrogens (tertiary/aromatic N) is 1. The molecule has 3 rings (SSSR count). The SMILES string of the molecule is CC(C)[C@H](NC(=O)C[C@@H]1CCC(=O)N1Cc1cccc(F)c1F)C(=O)OCc1ccc(Br)cc1. The molecule has 0 aromatic heterocycles. The van der Waals surface area contributed by atoms with E-state index in [1.54, 1.807) is 13.8 Å². The fourth-order valence-electron chi connectivity index (χ4n) is 3.85. The van der Waals surface area contributed by atoms with Crippen LogP contribution in [0.25, 0.3) is 0 Å². The quantitative estimate of drug-likeness (QED) is 0.479. The van der Waals surface area contributed by atoms with Crippen molar-refractivity contribution in [3.63, 3.8) is 0 Å². The van der Waals surface area contributed by atoms with Gasteiger partial charge in [0.25, 0.3) is 0 Å². The lowest BCUT2D eigenvalue weighted by molar-refractivity contribution is -0.150. The number of esters is 1. The van der Waals surface area contributed by atoms with Crippen molar-refractivity contribution >= 4 is 33.7 Å². The zero-order valence-corrected chi connectivity index (χ0v) is 20.6. The summed E-state index contributed by atoms with van der Waals surface area (Å²) in [5.41, 5.74) is 0.868. The van der Waals surface area contributed by atoms with E-state index in [-0.39, 0.29) is 43.4 Å². The van der Waals surface area contributed by atoms with Crippen LogP contribution >= 0.6 is 15.9 Å². The number of hydrogen-bond donors (Lipinski definition) is 1. The lowest BCUT2D eigenvalue weighted by atomic mass is 10.0. The van der Waals surface area contributed by atoms with E-state index in [0.717, 1.165) is 16.1 Å². The van der Waals surface area contributed by atoms with E-state index in [9.17, 15) is 23.2 Å². The van der Waals surface area contributed by atoms with Gasteiger partial charge < -0.3 is 15.0 Å². The normalized spacial score (nSPS) is 16.6. The van der Waals surface area contributed by atoms with Gasteiger partial charge in [0.1, 0.15) is 12.6 Å². The number of carbonyl (C=O) groups excluding carboxylic acids is 3. The number of amides is 2. The molecule has 34 heavy (non-hydrogen) atoms. The summed E-state index contributed by atoms with van der Waals surface area (Å²) in [6.07, 6.45) is 0.590.